The number of anilines is 1. The number of aliphatic imine (C=N–C) groups is 1. The second-order valence-corrected chi connectivity index (χ2v) is 7.00. The van der Waals surface area contributed by atoms with Crippen molar-refractivity contribution in [3.8, 4) is 11.5 Å². The van der Waals surface area contributed by atoms with Crippen LogP contribution in [0.2, 0.25) is 0 Å². The first-order valence-electron chi connectivity index (χ1n) is 9.74. The number of rotatable bonds is 5. The highest BCUT2D eigenvalue weighted by atomic mass is 127. The quantitative estimate of drug-likeness (QED) is 0.368. The SMILES string of the molecule is CN=C(NCCc1cc(C)ccc1OC)N1CCN(c2ccccc2O)CC1.I. The molecule has 2 aromatic carbocycles. The maximum Gasteiger partial charge on any atom is 0.193 e. The summed E-state index contributed by atoms with van der Waals surface area (Å²) in [6.45, 7) is 6.32. The van der Waals surface area contributed by atoms with Crippen LogP contribution in [0, 0.1) is 6.92 Å². The number of phenolic OH excluding ortho intramolecular Hbond substituents is 1. The summed E-state index contributed by atoms with van der Waals surface area (Å²) < 4.78 is 5.47. The molecule has 1 aliphatic heterocycles. The van der Waals surface area contributed by atoms with Gasteiger partial charge in [0.15, 0.2) is 5.96 Å². The van der Waals surface area contributed by atoms with E-state index in [1.165, 1.54) is 11.1 Å². The molecule has 0 atom stereocenters. The largest absolute Gasteiger partial charge is 0.506 e. The van der Waals surface area contributed by atoms with E-state index < -0.39 is 0 Å². The normalized spacial score (nSPS) is 14.4. The van der Waals surface area contributed by atoms with Gasteiger partial charge in [-0.05, 0) is 37.1 Å². The molecule has 6 nitrogen and oxygen atoms in total. The summed E-state index contributed by atoms with van der Waals surface area (Å²) in [7, 11) is 3.54. The number of piperazine rings is 1. The van der Waals surface area contributed by atoms with E-state index in [4.69, 9.17) is 4.74 Å². The highest BCUT2D eigenvalue weighted by Gasteiger charge is 2.21. The molecule has 2 aromatic rings. The van der Waals surface area contributed by atoms with Crippen molar-refractivity contribution in [3.63, 3.8) is 0 Å². The molecular formula is C22H31IN4O2. The van der Waals surface area contributed by atoms with Crippen LogP contribution in [0.3, 0.4) is 0 Å². The van der Waals surface area contributed by atoms with E-state index in [1.54, 1.807) is 13.2 Å². The monoisotopic (exact) mass is 510 g/mol. The predicted molar refractivity (Wildman–Crippen MR) is 130 cm³/mol. The third-order valence-electron chi connectivity index (χ3n) is 5.13. The predicted octanol–water partition coefficient (Wildman–Crippen LogP) is 3.27. The molecule has 1 heterocycles. The van der Waals surface area contributed by atoms with Gasteiger partial charge in [-0.3, -0.25) is 4.99 Å². The molecule has 1 saturated heterocycles. The second-order valence-electron chi connectivity index (χ2n) is 7.00. The average molecular weight is 510 g/mol. The molecule has 0 unspecified atom stereocenters. The zero-order valence-electron chi connectivity index (χ0n) is 17.4. The molecule has 2 N–H and O–H groups in total. The summed E-state index contributed by atoms with van der Waals surface area (Å²) in [4.78, 5) is 8.94. The van der Waals surface area contributed by atoms with E-state index in [1.807, 2.05) is 31.3 Å². The number of nitrogens with zero attached hydrogens (tertiary/aromatic N) is 3. The van der Waals surface area contributed by atoms with Gasteiger partial charge >= 0.3 is 0 Å². The fourth-order valence-corrected chi connectivity index (χ4v) is 3.63. The third-order valence-corrected chi connectivity index (χ3v) is 5.13. The number of guanidine groups is 1. The lowest BCUT2D eigenvalue weighted by Gasteiger charge is -2.37. The minimum absolute atomic E-state index is 0. The highest BCUT2D eigenvalue weighted by Crippen LogP contribution is 2.27. The molecular weight excluding hydrogens is 479 g/mol. The maximum absolute atomic E-state index is 10.1. The number of halogens is 1. The highest BCUT2D eigenvalue weighted by molar-refractivity contribution is 14.0. The van der Waals surface area contributed by atoms with Crippen molar-refractivity contribution in [2.45, 2.75) is 13.3 Å². The second kappa shape index (κ2) is 11.1. The number of benzene rings is 2. The number of aryl methyl sites for hydroxylation is 1. The first-order chi connectivity index (χ1) is 13.6. The number of ether oxygens (including phenoxy) is 1. The number of para-hydroxylation sites is 2. The van der Waals surface area contributed by atoms with E-state index in [0.717, 1.165) is 56.5 Å². The van der Waals surface area contributed by atoms with E-state index in [9.17, 15) is 5.11 Å². The van der Waals surface area contributed by atoms with E-state index in [-0.39, 0.29) is 24.0 Å². The van der Waals surface area contributed by atoms with Gasteiger partial charge in [-0.1, -0.05) is 29.8 Å². The maximum atomic E-state index is 10.1. The van der Waals surface area contributed by atoms with Gasteiger partial charge in [-0.25, -0.2) is 0 Å². The Morgan fingerprint density at radius 1 is 1.14 bits per heavy atom. The van der Waals surface area contributed by atoms with Crippen molar-refractivity contribution in [1.29, 1.82) is 0 Å². The summed E-state index contributed by atoms with van der Waals surface area (Å²) >= 11 is 0. The van der Waals surface area contributed by atoms with Crippen LogP contribution in [0.15, 0.2) is 47.5 Å². The lowest BCUT2D eigenvalue weighted by atomic mass is 10.1. The molecule has 29 heavy (non-hydrogen) atoms. The molecule has 0 radical (unpaired) electrons. The van der Waals surface area contributed by atoms with Crippen molar-refractivity contribution in [2.24, 2.45) is 4.99 Å². The van der Waals surface area contributed by atoms with Crippen LogP contribution in [-0.2, 0) is 6.42 Å². The number of aromatic hydroxyl groups is 1. The van der Waals surface area contributed by atoms with Gasteiger partial charge in [0.2, 0.25) is 0 Å². The molecule has 0 bridgehead atoms. The Morgan fingerprint density at radius 3 is 2.52 bits per heavy atom. The first kappa shape index (κ1) is 23.1. The summed E-state index contributed by atoms with van der Waals surface area (Å²) in [5.41, 5.74) is 3.34. The van der Waals surface area contributed by atoms with Crippen molar-refractivity contribution in [3.05, 3.63) is 53.6 Å². The zero-order valence-corrected chi connectivity index (χ0v) is 19.7. The third kappa shape index (κ3) is 5.91. The Kier molecular flexibility index (Phi) is 8.88. The molecule has 0 saturated carbocycles. The van der Waals surface area contributed by atoms with Crippen LogP contribution in [0.5, 0.6) is 11.5 Å². The van der Waals surface area contributed by atoms with Gasteiger partial charge in [0.25, 0.3) is 0 Å². The summed E-state index contributed by atoms with van der Waals surface area (Å²) in [5.74, 6) is 2.19. The van der Waals surface area contributed by atoms with E-state index in [0.29, 0.717) is 5.75 Å². The van der Waals surface area contributed by atoms with Crippen molar-refractivity contribution in [2.75, 3.05) is 51.8 Å². The van der Waals surface area contributed by atoms with Crippen molar-refractivity contribution in [1.82, 2.24) is 10.2 Å². The minimum Gasteiger partial charge on any atom is -0.506 e. The van der Waals surface area contributed by atoms with Gasteiger partial charge in [0, 0.05) is 39.8 Å². The molecule has 3 rings (SSSR count). The molecule has 0 amide bonds. The van der Waals surface area contributed by atoms with Crippen molar-refractivity contribution >= 4 is 35.6 Å². The molecule has 158 valence electrons. The van der Waals surface area contributed by atoms with Gasteiger partial charge in [-0.15, -0.1) is 24.0 Å². The number of methoxy groups -OCH3 is 1. The van der Waals surface area contributed by atoms with Gasteiger partial charge in [0.1, 0.15) is 11.5 Å². The number of phenols is 1. The fourth-order valence-electron chi connectivity index (χ4n) is 3.63. The zero-order chi connectivity index (χ0) is 19.9. The Hall–Kier alpha value is -2.16. The fraction of sp³-hybridized carbons (Fsp3) is 0.409. The molecule has 1 aliphatic rings. The summed E-state index contributed by atoms with van der Waals surface area (Å²) in [6.07, 6.45) is 0.877. The van der Waals surface area contributed by atoms with Crippen LogP contribution in [0.1, 0.15) is 11.1 Å². The first-order valence-corrected chi connectivity index (χ1v) is 9.74. The Labute approximate surface area is 190 Å². The van der Waals surface area contributed by atoms with Crippen molar-refractivity contribution < 1.29 is 9.84 Å². The number of hydrogen-bond donors (Lipinski definition) is 2. The van der Waals surface area contributed by atoms with Crippen LogP contribution in [-0.4, -0.2) is 62.8 Å². The Bertz CT molecular complexity index is 820. The average Bonchev–Trinajstić information content (AvgIpc) is 2.72. The summed E-state index contributed by atoms with van der Waals surface area (Å²) in [6, 6.07) is 13.8. The van der Waals surface area contributed by atoms with Crippen LogP contribution in [0.25, 0.3) is 0 Å². The summed E-state index contributed by atoms with van der Waals surface area (Å²) in [5, 5.41) is 13.5. The Balaban J connectivity index is 0.00000300. The smallest absolute Gasteiger partial charge is 0.193 e. The van der Waals surface area contributed by atoms with Gasteiger partial charge < -0.3 is 25.0 Å². The van der Waals surface area contributed by atoms with E-state index in [2.05, 4.69) is 39.2 Å². The van der Waals surface area contributed by atoms with Crippen LogP contribution >= 0.6 is 24.0 Å². The van der Waals surface area contributed by atoms with Crippen LogP contribution in [0.4, 0.5) is 5.69 Å². The lowest BCUT2D eigenvalue weighted by molar-refractivity contribution is 0.370. The Morgan fingerprint density at radius 2 is 1.86 bits per heavy atom. The molecule has 0 aliphatic carbocycles. The van der Waals surface area contributed by atoms with Gasteiger partial charge in [-0.2, -0.15) is 0 Å². The van der Waals surface area contributed by atoms with Gasteiger partial charge in [0.05, 0.1) is 12.8 Å². The number of nitrogens with one attached hydrogen (secondary N) is 1. The molecule has 1 fully saturated rings. The molecule has 7 heteroatoms. The minimum atomic E-state index is 0. The van der Waals surface area contributed by atoms with E-state index >= 15 is 0 Å². The number of hydrogen-bond acceptors (Lipinski definition) is 4. The van der Waals surface area contributed by atoms with Crippen LogP contribution < -0.4 is 15.0 Å². The topological polar surface area (TPSA) is 60.3 Å². The lowest BCUT2D eigenvalue weighted by Crippen LogP contribution is -2.52. The molecule has 0 aromatic heterocycles. The standard InChI is InChI=1S/C22H30N4O2.HI/c1-17-8-9-21(28-3)18(16-17)10-11-24-22(23-2)26-14-12-25(13-15-26)19-6-4-5-7-20(19)27;/h4-9,16,27H,10-15H2,1-3H3,(H,23,24);1H. The molecule has 0 spiro atoms.